The summed E-state index contributed by atoms with van der Waals surface area (Å²) in [5.41, 5.74) is 3.76. The number of amides is 2. The van der Waals surface area contributed by atoms with Crippen LogP contribution in [0.4, 0.5) is 0 Å². The first-order chi connectivity index (χ1) is 15.3. The largest absolute Gasteiger partial charge is 0.361 e. The summed E-state index contributed by atoms with van der Waals surface area (Å²) >= 11 is 0. The first kappa shape index (κ1) is 20.3. The van der Waals surface area contributed by atoms with Crippen LogP contribution in [0.3, 0.4) is 0 Å². The van der Waals surface area contributed by atoms with Gasteiger partial charge in [-0.3, -0.25) is 14.9 Å². The minimum atomic E-state index is -3.07. The fourth-order valence-electron chi connectivity index (χ4n) is 4.38. The third-order valence-electron chi connectivity index (χ3n) is 5.76. The van der Waals surface area contributed by atoms with Gasteiger partial charge < -0.3 is 9.55 Å². The van der Waals surface area contributed by atoms with Crippen molar-refractivity contribution in [3.63, 3.8) is 0 Å². The van der Waals surface area contributed by atoms with Gasteiger partial charge in [0.25, 0.3) is 11.8 Å². The second-order valence-electron chi connectivity index (χ2n) is 8.02. The number of hydrogen-bond donors (Lipinski definition) is 2. The standard InChI is InChI=1S/C24H21N3O4S/c1-32(30,31)12-6-11-27-14-18(16-8-3-5-10-20(16)27)22-21(23(28)26-24(22)29)17-13-25-19-9-4-2-7-15(17)19/h2-5,7-10,13-14,25H,6,11-12H2,1H3,(H,26,28,29). The average molecular weight is 448 g/mol. The molecule has 7 nitrogen and oxygen atoms in total. The number of nitrogens with one attached hydrogen (secondary N) is 2. The Bertz CT molecular complexity index is 1540. The Balaban J connectivity index is 1.69. The highest BCUT2D eigenvalue weighted by Crippen LogP contribution is 2.38. The van der Waals surface area contributed by atoms with E-state index in [0.29, 0.717) is 35.2 Å². The van der Waals surface area contributed by atoms with Crippen LogP contribution < -0.4 is 5.32 Å². The maximum Gasteiger partial charge on any atom is 0.259 e. The highest BCUT2D eigenvalue weighted by molar-refractivity contribution is 7.90. The van der Waals surface area contributed by atoms with E-state index < -0.39 is 21.7 Å². The molecule has 1 aliphatic heterocycles. The first-order valence-corrected chi connectivity index (χ1v) is 12.3. The summed E-state index contributed by atoms with van der Waals surface area (Å²) in [5, 5.41) is 4.15. The van der Waals surface area contributed by atoms with Crippen molar-refractivity contribution in [3.05, 3.63) is 72.1 Å². The normalized spacial score (nSPS) is 14.7. The van der Waals surface area contributed by atoms with Crippen LogP contribution in [0.1, 0.15) is 17.5 Å². The Labute approximate surface area is 184 Å². The van der Waals surface area contributed by atoms with Crippen molar-refractivity contribution in [1.29, 1.82) is 0 Å². The summed E-state index contributed by atoms with van der Waals surface area (Å²) < 4.78 is 25.0. The van der Waals surface area contributed by atoms with Crippen molar-refractivity contribution in [2.24, 2.45) is 0 Å². The lowest BCUT2D eigenvalue weighted by Crippen LogP contribution is -2.22. The predicted molar refractivity (Wildman–Crippen MR) is 125 cm³/mol. The molecule has 8 heteroatoms. The fraction of sp³-hybridized carbons (Fsp3) is 0.167. The van der Waals surface area contributed by atoms with Gasteiger partial charge in [0.1, 0.15) is 9.84 Å². The van der Waals surface area contributed by atoms with E-state index in [2.05, 4.69) is 10.3 Å². The summed E-state index contributed by atoms with van der Waals surface area (Å²) in [7, 11) is -3.07. The number of hydrogen-bond acceptors (Lipinski definition) is 4. The number of carbonyl (C=O) groups excluding carboxylic acids is 2. The molecule has 0 fully saturated rings. The van der Waals surface area contributed by atoms with Gasteiger partial charge in [-0.05, 0) is 18.6 Å². The molecule has 3 heterocycles. The van der Waals surface area contributed by atoms with E-state index >= 15 is 0 Å². The van der Waals surface area contributed by atoms with Crippen LogP contribution in [0.15, 0.2) is 60.9 Å². The van der Waals surface area contributed by atoms with Crippen molar-refractivity contribution >= 4 is 54.6 Å². The number of H-pyrrole nitrogens is 1. The molecule has 32 heavy (non-hydrogen) atoms. The number of para-hydroxylation sites is 2. The van der Waals surface area contributed by atoms with Gasteiger partial charge in [0.2, 0.25) is 0 Å². The highest BCUT2D eigenvalue weighted by atomic mass is 32.2. The minimum absolute atomic E-state index is 0.0805. The van der Waals surface area contributed by atoms with Crippen molar-refractivity contribution in [1.82, 2.24) is 14.9 Å². The molecular formula is C24H21N3O4S. The molecule has 5 rings (SSSR count). The molecule has 4 aromatic rings. The SMILES string of the molecule is CS(=O)(=O)CCCn1cc(C2=C(c3c[nH]c4ccccc34)C(=O)NC2=O)c2ccccc21. The molecule has 0 unspecified atom stereocenters. The Morgan fingerprint density at radius 2 is 1.53 bits per heavy atom. The fourth-order valence-corrected chi connectivity index (χ4v) is 5.03. The Kier molecular flexibility index (Phi) is 4.74. The lowest BCUT2D eigenvalue weighted by Gasteiger charge is -2.04. The summed E-state index contributed by atoms with van der Waals surface area (Å²) in [6.45, 7) is 0.485. The van der Waals surface area contributed by atoms with E-state index in [-0.39, 0.29) is 5.75 Å². The number of imide groups is 1. The Morgan fingerprint density at radius 3 is 2.28 bits per heavy atom. The molecule has 0 spiro atoms. The number of nitrogens with zero attached hydrogens (tertiary/aromatic N) is 1. The highest BCUT2D eigenvalue weighted by Gasteiger charge is 2.34. The average Bonchev–Trinajstić information content (AvgIpc) is 3.40. The number of sulfone groups is 1. The molecule has 0 aliphatic carbocycles. The molecule has 2 amide bonds. The van der Waals surface area contributed by atoms with Crippen molar-refractivity contribution in [3.8, 4) is 0 Å². The maximum absolute atomic E-state index is 12.9. The van der Waals surface area contributed by atoms with Gasteiger partial charge >= 0.3 is 0 Å². The quantitative estimate of drug-likeness (QED) is 0.444. The molecular weight excluding hydrogens is 426 g/mol. The maximum atomic E-state index is 12.9. The topological polar surface area (TPSA) is 101 Å². The number of aromatic nitrogens is 2. The molecule has 0 saturated heterocycles. The number of aromatic amines is 1. The monoisotopic (exact) mass is 447 g/mol. The molecule has 0 bridgehead atoms. The number of benzene rings is 2. The van der Waals surface area contributed by atoms with E-state index in [1.54, 1.807) is 6.20 Å². The van der Waals surface area contributed by atoms with Crippen LogP contribution in [-0.2, 0) is 26.0 Å². The van der Waals surface area contributed by atoms with E-state index in [1.807, 2.05) is 59.3 Å². The first-order valence-electron chi connectivity index (χ1n) is 10.3. The number of rotatable bonds is 6. The summed E-state index contributed by atoms with van der Waals surface area (Å²) in [6.07, 6.45) is 5.27. The van der Waals surface area contributed by atoms with Crippen LogP contribution >= 0.6 is 0 Å². The predicted octanol–water partition coefficient (Wildman–Crippen LogP) is 3.12. The van der Waals surface area contributed by atoms with Crippen LogP contribution in [0, 0.1) is 0 Å². The van der Waals surface area contributed by atoms with Gasteiger partial charge in [-0.15, -0.1) is 0 Å². The van der Waals surface area contributed by atoms with E-state index in [1.165, 1.54) is 6.26 Å². The Hall–Kier alpha value is -3.65. The second kappa shape index (κ2) is 7.49. The molecule has 1 aliphatic rings. The molecule has 0 saturated carbocycles. The van der Waals surface area contributed by atoms with E-state index in [4.69, 9.17) is 0 Å². The molecule has 0 radical (unpaired) electrons. The molecule has 2 N–H and O–H groups in total. The third-order valence-corrected chi connectivity index (χ3v) is 6.79. The van der Waals surface area contributed by atoms with Gasteiger partial charge in [0, 0.05) is 58.1 Å². The van der Waals surface area contributed by atoms with Crippen molar-refractivity contribution in [2.45, 2.75) is 13.0 Å². The number of fused-ring (bicyclic) bond motifs is 2. The lowest BCUT2D eigenvalue weighted by atomic mass is 9.95. The van der Waals surface area contributed by atoms with Crippen LogP contribution in [0.25, 0.3) is 33.0 Å². The van der Waals surface area contributed by atoms with Gasteiger partial charge in [0.15, 0.2) is 0 Å². The van der Waals surface area contributed by atoms with Crippen LogP contribution in [-0.4, -0.2) is 41.8 Å². The lowest BCUT2D eigenvalue weighted by molar-refractivity contribution is -0.122. The van der Waals surface area contributed by atoms with Crippen LogP contribution in [0.2, 0.25) is 0 Å². The zero-order chi connectivity index (χ0) is 22.5. The molecule has 2 aromatic carbocycles. The van der Waals surface area contributed by atoms with Gasteiger partial charge in [-0.2, -0.15) is 0 Å². The van der Waals surface area contributed by atoms with E-state index in [0.717, 1.165) is 21.8 Å². The minimum Gasteiger partial charge on any atom is -0.361 e. The molecule has 2 aromatic heterocycles. The zero-order valence-corrected chi connectivity index (χ0v) is 18.2. The summed E-state index contributed by atoms with van der Waals surface area (Å²) in [4.78, 5) is 29.0. The molecule has 0 atom stereocenters. The number of aryl methyl sites for hydroxylation is 1. The van der Waals surface area contributed by atoms with Crippen LogP contribution in [0.5, 0.6) is 0 Å². The van der Waals surface area contributed by atoms with Gasteiger partial charge in [-0.25, -0.2) is 8.42 Å². The van der Waals surface area contributed by atoms with Gasteiger partial charge in [0.05, 0.1) is 16.9 Å². The Morgan fingerprint density at radius 1 is 0.875 bits per heavy atom. The molecule has 162 valence electrons. The second-order valence-corrected chi connectivity index (χ2v) is 10.3. The summed E-state index contributed by atoms with van der Waals surface area (Å²) in [6, 6.07) is 15.2. The van der Waals surface area contributed by atoms with Crippen molar-refractivity contribution in [2.75, 3.05) is 12.0 Å². The van der Waals surface area contributed by atoms with E-state index in [9.17, 15) is 18.0 Å². The zero-order valence-electron chi connectivity index (χ0n) is 17.4. The third kappa shape index (κ3) is 3.42. The summed E-state index contributed by atoms with van der Waals surface area (Å²) in [5.74, 6) is -0.783. The number of carbonyl (C=O) groups is 2. The van der Waals surface area contributed by atoms with Gasteiger partial charge in [-0.1, -0.05) is 36.4 Å². The smallest absolute Gasteiger partial charge is 0.259 e. The van der Waals surface area contributed by atoms with Crippen molar-refractivity contribution < 1.29 is 18.0 Å².